The maximum Gasteiger partial charge on any atom is 0.407 e. The summed E-state index contributed by atoms with van der Waals surface area (Å²) in [6.07, 6.45) is -0.625. The minimum Gasteiger partial charge on any atom is -0.485 e. The van der Waals surface area contributed by atoms with E-state index >= 15 is 0 Å². The molecule has 116 valence electrons. The van der Waals surface area contributed by atoms with Gasteiger partial charge in [-0.2, -0.15) is 0 Å². The van der Waals surface area contributed by atoms with Gasteiger partial charge in [-0.3, -0.25) is 10.1 Å². The fourth-order valence-corrected chi connectivity index (χ4v) is 1.38. The molecule has 0 saturated carbocycles. The second kappa shape index (κ2) is 6.87. The van der Waals surface area contributed by atoms with E-state index in [1.807, 2.05) is 0 Å². The summed E-state index contributed by atoms with van der Waals surface area (Å²) in [5.41, 5.74) is -0.958. The summed E-state index contributed by atoms with van der Waals surface area (Å²) in [6, 6.07) is 2.92. The number of nitro groups is 1. The zero-order valence-corrected chi connectivity index (χ0v) is 12.0. The van der Waals surface area contributed by atoms with Gasteiger partial charge in [-0.1, -0.05) is 0 Å². The standard InChI is InChI=1S/C13H17FN2O5/c1-13(2,3)21-12(17)15-6-7-20-11-8-9(14)4-5-10(11)16(18)19/h4-5,8H,6-7H2,1-3H3,(H,15,17). The van der Waals surface area contributed by atoms with Gasteiger partial charge in [0.1, 0.15) is 18.0 Å². The first-order chi connectivity index (χ1) is 9.69. The molecular formula is C13H17FN2O5. The maximum absolute atomic E-state index is 13.0. The lowest BCUT2D eigenvalue weighted by molar-refractivity contribution is -0.385. The Labute approximate surface area is 121 Å². The van der Waals surface area contributed by atoms with E-state index in [9.17, 15) is 19.3 Å². The molecule has 0 heterocycles. The Kier molecular flexibility index (Phi) is 5.45. The lowest BCUT2D eigenvalue weighted by atomic mass is 10.2. The minimum atomic E-state index is -0.671. The highest BCUT2D eigenvalue weighted by atomic mass is 19.1. The molecule has 0 aliphatic rings. The van der Waals surface area contributed by atoms with Gasteiger partial charge in [0.25, 0.3) is 0 Å². The summed E-state index contributed by atoms with van der Waals surface area (Å²) in [4.78, 5) is 21.4. The number of benzene rings is 1. The zero-order chi connectivity index (χ0) is 16.0. The summed E-state index contributed by atoms with van der Waals surface area (Å²) in [5.74, 6) is -0.832. The van der Waals surface area contributed by atoms with E-state index in [-0.39, 0.29) is 24.6 Å². The SMILES string of the molecule is CC(C)(C)OC(=O)NCCOc1cc(F)ccc1[N+](=O)[O-]. The highest BCUT2D eigenvalue weighted by molar-refractivity contribution is 5.67. The van der Waals surface area contributed by atoms with Crippen LogP contribution in [0.25, 0.3) is 0 Å². The van der Waals surface area contributed by atoms with Crippen LogP contribution >= 0.6 is 0 Å². The van der Waals surface area contributed by atoms with Gasteiger partial charge in [0.15, 0.2) is 5.75 Å². The number of amides is 1. The first-order valence-electron chi connectivity index (χ1n) is 6.22. The Morgan fingerprint density at radius 1 is 1.43 bits per heavy atom. The molecule has 0 aliphatic carbocycles. The van der Waals surface area contributed by atoms with Crippen molar-refractivity contribution < 1.29 is 23.6 Å². The van der Waals surface area contributed by atoms with Gasteiger partial charge in [0, 0.05) is 12.1 Å². The highest BCUT2D eigenvalue weighted by Gasteiger charge is 2.17. The van der Waals surface area contributed by atoms with Crippen LogP contribution < -0.4 is 10.1 Å². The van der Waals surface area contributed by atoms with E-state index in [0.717, 1.165) is 18.2 Å². The number of carbonyl (C=O) groups is 1. The molecule has 0 atom stereocenters. The topological polar surface area (TPSA) is 90.7 Å². The van der Waals surface area contributed by atoms with Gasteiger partial charge in [-0.05, 0) is 26.8 Å². The predicted octanol–water partition coefficient (Wildman–Crippen LogP) is 2.64. The Hall–Kier alpha value is -2.38. The molecule has 0 spiro atoms. The van der Waals surface area contributed by atoms with E-state index in [4.69, 9.17) is 9.47 Å². The van der Waals surface area contributed by atoms with Crippen LogP contribution in [0.4, 0.5) is 14.9 Å². The monoisotopic (exact) mass is 300 g/mol. The van der Waals surface area contributed by atoms with E-state index in [1.165, 1.54) is 0 Å². The average molecular weight is 300 g/mol. The second-order valence-corrected chi connectivity index (χ2v) is 5.15. The van der Waals surface area contributed by atoms with Crippen LogP contribution in [0.2, 0.25) is 0 Å². The van der Waals surface area contributed by atoms with Crippen molar-refractivity contribution in [3.8, 4) is 5.75 Å². The van der Waals surface area contributed by atoms with E-state index in [2.05, 4.69) is 5.32 Å². The molecule has 1 aromatic carbocycles. The summed E-state index contributed by atoms with van der Waals surface area (Å²) in [6.45, 7) is 5.18. The molecule has 1 rings (SSSR count). The Balaban J connectivity index is 2.48. The quantitative estimate of drug-likeness (QED) is 0.513. The normalized spacial score (nSPS) is 10.9. The fraction of sp³-hybridized carbons (Fsp3) is 0.462. The molecule has 0 aliphatic heterocycles. The molecular weight excluding hydrogens is 283 g/mol. The first-order valence-corrected chi connectivity index (χ1v) is 6.22. The molecule has 21 heavy (non-hydrogen) atoms. The van der Waals surface area contributed by atoms with Crippen LogP contribution in [0.5, 0.6) is 5.75 Å². The van der Waals surface area contributed by atoms with Crippen molar-refractivity contribution in [2.45, 2.75) is 26.4 Å². The van der Waals surface area contributed by atoms with E-state index < -0.39 is 22.4 Å². The minimum absolute atomic E-state index is 0.0520. The summed E-state index contributed by atoms with van der Waals surface area (Å²) >= 11 is 0. The van der Waals surface area contributed by atoms with Crippen molar-refractivity contribution in [3.63, 3.8) is 0 Å². The molecule has 0 unspecified atom stereocenters. The summed E-state index contributed by atoms with van der Waals surface area (Å²) in [7, 11) is 0. The van der Waals surface area contributed by atoms with Gasteiger partial charge in [0.05, 0.1) is 11.5 Å². The second-order valence-electron chi connectivity index (χ2n) is 5.15. The molecule has 1 N–H and O–H groups in total. The van der Waals surface area contributed by atoms with Crippen LogP contribution in [-0.4, -0.2) is 29.8 Å². The van der Waals surface area contributed by atoms with E-state index in [0.29, 0.717) is 0 Å². The van der Waals surface area contributed by atoms with Crippen molar-refractivity contribution in [1.29, 1.82) is 0 Å². The van der Waals surface area contributed by atoms with Gasteiger partial charge in [0.2, 0.25) is 0 Å². The molecule has 0 aromatic heterocycles. The zero-order valence-electron chi connectivity index (χ0n) is 12.0. The van der Waals surface area contributed by atoms with Crippen LogP contribution in [0.3, 0.4) is 0 Å². The predicted molar refractivity (Wildman–Crippen MR) is 72.8 cm³/mol. The number of halogens is 1. The first kappa shape index (κ1) is 16.7. The number of nitrogens with zero attached hydrogens (tertiary/aromatic N) is 1. The van der Waals surface area contributed by atoms with Crippen molar-refractivity contribution in [3.05, 3.63) is 34.1 Å². The number of rotatable bonds is 5. The number of hydrogen-bond acceptors (Lipinski definition) is 5. The molecule has 0 radical (unpaired) electrons. The lowest BCUT2D eigenvalue weighted by Gasteiger charge is -2.19. The molecule has 0 saturated heterocycles. The number of alkyl carbamates (subject to hydrolysis) is 1. The molecule has 0 fully saturated rings. The summed E-state index contributed by atoms with van der Waals surface area (Å²) in [5, 5.41) is 13.2. The van der Waals surface area contributed by atoms with Gasteiger partial charge in [-0.15, -0.1) is 0 Å². The largest absolute Gasteiger partial charge is 0.485 e. The third-order valence-corrected chi connectivity index (χ3v) is 2.15. The third-order valence-electron chi connectivity index (χ3n) is 2.15. The number of ether oxygens (including phenoxy) is 2. The molecule has 1 aromatic rings. The lowest BCUT2D eigenvalue weighted by Crippen LogP contribution is -2.34. The Morgan fingerprint density at radius 2 is 2.10 bits per heavy atom. The van der Waals surface area contributed by atoms with Gasteiger partial charge < -0.3 is 14.8 Å². The van der Waals surface area contributed by atoms with Crippen LogP contribution in [-0.2, 0) is 4.74 Å². The number of nitro benzene ring substituents is 1. The molecule has 8 heteroatoms. The van der Waals surface area contributed by atoms with Crippen molar-refractivity contribution in [2.24, 2.45) is 0 Å². The van der Waals surface area contributed by atoms with Gasteiger partial charge in [-0.25, -0.2) is 9.18 Å². The van der Waals surface area contributed by atoms with Crippen molar-refractivity contribution in [1.82, 2.24) is 5.32 Å². The summed E-state index contributed by atoms with van der Waals surface area (Å²) < 4.78 is 23.1. The fourth-order valence-electron chi connectivity index (χ4n) is 1.38. The van der Waals surface area contributed by atoms with Crippen molar-refractivity contribution in [2.75, 3.05) is 13.2 Å². The third kappa shape index (κ3) is 6.07. The number of carbonyl (C=O) groups excluding carboxylic acids is 1. The van der Waals surface area contributed by atoms with Crippen LogP contribution in [0.1, 0.15) is 20.8 Å². The number of hydrogen-bond donors (Lipinski definition) is 1. The highest BCUT2D eigenvalue weighted by Crippen LogP contribution is 2.27. The Morgan fingerprint density at radius 3 is 2.67 bits per heavy atom. The van der Waals surface area contributed by atoms with E-state index in [1.54, 1.807) is 20.8 Å². The molecule has 0 bridgehead atoms. The Bertz CT molecular complexity index is 528. The molecule has 7 nitrogen and oxygen atoms in total. The smallest absolute Gasteiger partial charge is 0.407 e. The number of nitrogens with one attached hydrogen (secondary N) is 1. The van der Waals surface area contributed by atoms with Crippen molar-refractivity contribution >= 4 is 11.8 Å². The van der Waals surface area contributed by atoms with Crippen LogP contribution in [0, 0.1) is 15.9 Å². The molecule has 1 amide bonds. The van der Waals surface area contributed by atoms with Crippen LogP contribution in [0.15, 0.2) is 18.2 Å². The average Bonchev–Trinajstić information content (AvgIpc) is 2.32. The maximum atomic E-state index is 13.0. The van der Waals surface area contributed by atoms with Gasteiger partial charge >= 0.3 is 11.8 Å².